The Morgan fingerprint density at radius 1 is 0.412 bits per heavy atom. The van der Waals surface area contributed by atoms with E-state index < -0.39 is 61.0 Å². The highest BCUT2D eigenvalue weighted by molar-refractivity contribution is 5.93. The first-order valence-electron chi connectivity index (χ1n) is 15.8. The van der Waals surface area contributed by atoms with Gasteiger partial charge in [-0.15, -0.1) is 0 Å². The Morgan fingerprint density at radius 3 is 0.980 bits per heavy atom. The molecule has 0 bridgehead atoms. The summed E-state index contributed by atoms with van der Waals surface area (Å²) < 4.78 is 25.8. The number of benzene rings is 4. The van der Waals surface area contributed by atoms with E-state index in [0.717, 1.165) is 0 Å². The zero-order chi connectivity index (χ0) is 36.3. The van der Waals surface area contributed by atoms with Crippen molar-refractivity contribution >= 4 is 36.1 Å². The Hall–Kier alpha value is -6.50. The molecule has 0 aliphatic carbocycles. The van der Waals surface area contributed by atoms with Crippen molar-refractivity contribution in [3.8, 4) is 0 Å². The number of carbonyl (C=O) groups is 6. The first-order valence-corrected chi connectivity index (χ1v) is 15.8. The van der Waals surface area contributed by atoms with Crippen LogP contribution in [0.4, 0.5) is 9.59 Å². The lowest BCUT2D eigenvalue weighted by Gasteiger charge is -2.18. The van der Waals surface area contributed by atoms with Crippen molar-refractivity contribution in [3.05, 3.63) is 144 Å². The maximum atomic E-state index is 13.0. The van der Waals surface area contributed by atoms with Crippen LogP contribution in [0, 0.1) is 0 Å². The largest absolute Gasteiger partial charge is 0.459 e. The third-order valence-corrected chi connectivity index (χ3v) is 7.00. The summed E-state index contributed by atoms with van der Waals surface area (Å²) in [6, 6.07) is 31.7. The van der Waals surface area contributed by atoms with Crippen molar-refractivity contribution in [2.45, 2.75) is 51.4 Å². The van der Waals surface area contributed by atoms with Gasteiger partial charge in [0.05, 0.1) is 12.8 Å². The second kappa shape index (κ2) is 20.1. The lowest BCUT2D eigenvalue weighted by Crippen LogP contribution is -2.45. The van der Waals surface area contributed by atoms with E-state index in [0.29, 0.717) is 22.3 Å². The van der Waals surface area contributed by atoms with E-state index >= 15 is 0 Å². The molecule has 51 heavy (non-hydrogen) atoms. The van der Waals surface area contributed by atoms with Crippen LogP contribution >= 0.6 is 0 Å². The second-order valence-electron chi connectivity index (χ2n) is 11.0. The summed E-state index contributed by atoms with van der Waals surface area (Å²) in [6.45, 7) is -0.568. The molecule has 2 N–H and O–H groups in total. The number of carbonyl (C=O) groups excluding carboxylic acids is 6. The van der Waals surface area contributed by atoms with Crippen molar-refractivity contribution in [3.63, 3.8) is 0 Å². The summed E-state index contributed by atoms with van der Waals surface area (Å²) in [5.41, 5.74) is 2.65. The van der Waals surface area contributed by atoms with Crippen LogP contribution in [-0.4, -0.2) is 48.1 Å². The smallest absolute Gasteiger partial charge is 0.408 e. The minimum absolute atomic E-state index is 0.121. The van der Waals surface area contributed by atoms with Crippen LogP contribution in [0.3, 0.4) is 0 Å². The summed E-state index contributed by atoms with van der Waals surface area (Å²) >= 11 is 0. The van der Waals surface area contributed by atoms with Crippen molar-refractivity contribution in [1.82, 2.24) is 10.6 Å². The molecule has 0 fully saturated rings. The van der Waals surface area contributed by atoms with E-state index in [1.165, 1.54) is 0 Å². The van der Waals surface area contributed by atoms with Gasteiger partial charge in [0, 0.05) is 0 Å². The van der Waals surface area contributed by atoms with Crippen LogP contribution in [0.15, 0.2) is 121 Å². The van der Waals surface area contributed by atoms with Crippen LogP contribution in [0.5, 0.6) is 0 Å². The van der Waals surface area contributed by atoms with Gasteiger partial charge < -0.3 is 34.3 Å². The standard InChI is InChI=1S/C38H36N2O11/c41-33(21-31(35(43)47-23-27-13-5-1-6-14-27)39-37(45)49-25-29-17-9-3-10-18-29)51-34(42)22-32(36(44)48-24-28-15-7-2-8-16-28)40-38(46)50-26-30-19-11-4-12-20-30/h1-20,31-32H,21-26H2,(H,39,45)(H,40,46)/t31-,32+. The molecule has 0 aromatic heterocycles. The van der Waals surface area contributed by atoms with Gasteiger partial charge in [0.1, 0.15) is 38.5 Å². The van der Waals surface area contributed by atoms with Gasteiger partial charge >= 0.3 is 36.1 Å². The van der Waals surface area contributed by atoms with E-state index in [1.807, 2.05) is 0 Å². The average Bonchev–Trinajstić information content (AvgIpc) is 3.15. The summed E-state index contributed by atoms with van der Waals surface area (Å²) in [7, 11) is 0. The molecule has 0 radical (unpaired) electrons. The van der Waals surface area contributed by atoms with Gasteiger partial charge in [-0.2, -0.15) is 0 Å². The molecule has 4 aromatic rings. The number of nitrogens with one attached hydrogen (secondary N) is 2. The first kappa shape index (κ1) is 37.3. The summed E-state index contributed by atoms with van der Waals surface area (Å²) in [5, 5.41) is 4.55. The van der Waals surface area contributed by atoms with Crippen LogP contribution in [-0.2, 0) is 69.3 Å². The van der Waals surface area contributed by atoms with Crippen molar-refractivity contribution in [2.75, 3.05) is 0 Å². The van der Waals surface area contributed by atoms with Crippen molar-refractivity contribution in [1.29, 1.82) is 0 Å². The number of amides is 2. The Labute approximate surface area is 293 Å². The summed E-state index contributed by atoms with van der Waals surface area (Å²) in [4.78, 5) is 76.9. The van der Waals surface area contributed by atoms with Gasteiger partial charge in [0.15, 0.2) is 0 Å². The van der Waals surface area contributed by atoms with E-state index in [1.54, 1.807) is 121 Å². The molecule has 13 nitrogen and oxygen atoms in total. The van der Waals surface area contributed by atoms with Gasteiger partial charge in [-0.05, 0) is 22.3 Å². The molecule has 0 aliphatic rings. The normalized spacial score (nSPS) is 11.5. The van der Waals surface area contributed by atoms with E-state index in [2.05, 4.69) is 10.6 Å². The number of alkyl carbamates (subject to hydrolysis) is 2. The minimum atomic E-state index is -1.60. The van der Waals surface area contributed by atoms with Gasteiger partial charge in [0.25, 0.3) is 0 Å². The Morgan fingerprint density at radius 2 is 0.686 bits per heavy atom. The van der Waals surface area contributed by atoms with Crippen molar-refractivity contribution < 1.29 is 52.5 Å². The van der Waals surface area contributed by atoms with Crippen LogP contribution in [0.1, 0.15) is 35.1 Å². The fourth-order valence-corrected chi connectivity index (χ4v) is 4.40. The minimum Gasteiger partial charge on any atom is -0.459 e. The maximum absolute atomic E-state index is 13.0. The quantitative estimate of drug-likeness (QED) is 0.0926. The van der Waals surface area contributed by atoms with E-state index in [9.17, 15) is 28.8 Å². The molecule has 4 rings (SSSR count). The van der Waals surface area contributed by atoms with Gasteiger partial charge in [-0.25, -0.2) is 19.2 Å². The number of esters is 4. The SMILES string of the molecule is O=C(C[C@H](NC(=O)OCc1ccccc1)C(=O)OCc1ccccc1)OC(=O)C[C@@H](NC(=O)OCc1ccccc1)C(=O)OCc1ccccc1. The fraction of sp³-hybridized carbons (Fsp3) is 0.211. The molecule has 0 aliphatic heterocycles. The molecule has 13 heteroatoms. The lowest BCUT2D eigenvalue weighted by molar-refractivity contribution is -0.164. The Kier molecular flexibility index (Phi) is 14.7. The van der Waals surface area contributed by atoms with Crippen LogP contribution in [0.25, 0.3) is 0 Å². The molecule has 2 amide bonds. The van der Waals surface area contributed by atoms with E-state index in [-0.39, 0.29) is 26.4 Å². The maximum Gasteiger partial charge on any atom is 0.408 e. The summed E-state index contributed by atoms with van der Waals surface area (Å²) in [5.74, 6) is -4.45. The predicted octanol–water partition coefficient (Wildman–Crippen LogP) is 4.91. The number of hydrogen-bond donors (Lipinski definition) is 2. The van der Waals surface area contributed by atoms with Gasteiger partial charge in [-0.1, -0.05) is 121 Å². The first-order chi connectivity index (χ1) is 24.7. The lowest BCUT2D eigenvalue weighted by atomic mass is 10.2. The molecular weight excluding hydrogens is 660 g/mol. The van der Waals surface area contributed by atoms with Crippen molar-refractivity contribution in [2.24, 2.45) is 0 Å². The zero-order valence-corrected chi connectivity index (χ0v) is 27.4. The fourth-order valence-electron chi connectivity index (χ4n) is 4.40. The molecule has 0 heterocycles. The summed E-state index contributed by atoms with van der Waals surface area (Å²) in [6.07, 6.45) is -3.71. The molecule has 2 atom stereocenters. The molecular formula is C38H36N2O11. The highest BCUT2D eigenvalue weighted by Crippen LogP contribution is 2.10. The monoisotopic (exact) mass is 696 g/mol. The molecule has 4 aromatic carbocycles. The zero-order valence-electron chi connectivity index (χ0n) is 27.4. The molecule has 264 valence electrons. The Bertz CT molecular complexity index is 1610. The number of ether oxygens (including phenoxy) is 5. The number of hydrogen-bond acceptors (Lipinski definition) is 11. The highest BCUT2D eigenvalue weighted by Gasteiger charge is 2.31. The highest BCUT2D eigenvalue weighted by atomic mass is 16.6. The Balaban J connectivity index is 1.37. The molecule has 0 unspecified atom stereocenters. The molecule has 0 saturated heterocycles. The average molecular weight is 697 g/mol. The van der Waals surface area contributed by atoms with Crippen LogP contribution < -0.4 is 10.6 Å². The third kappa shape index (κ3) is 13.9. The third-order valence-electron chi connectivity index (χ3n) is 7.00. The van der Waals surface area contributed by atoms with E-state index in [4.69, 9.17) is 23.7 Å². The topological polar surface area (TPSA) is 173 Å². The predicted molar refractivity (Wildman–Crippen MR) is 180 cm³/mol. The second-order valence-corrected chi connectivity index (χ2v) is 11.0. The molecule has 0 spiro atoms. The molecule has 0 saturated carbocycles. The number of rotatable bonds is 16. The van der Waals surface area contributed by atoms with Gasteiger partial charge in [0.2, 0.25) is 0 Å². The van der Waals surface area contributed by atoms with Gasteiger partial charge in [-0.3, -0.25) is 9.59 Å². The van der Waals surface area contributed by atoms with Crippen LogP contribution in [0.2, 0.25) is 0 Å².